The highest BCUT2D eigenvalue weighted by molar-refractivity contribution is 6.33. The molecule has 0 bridgehead atoms. The van der Waals surface area contributed by atoms with Crippen molar-refractivity contribution in [3.8, 4) is 5.75 Å². The Morgan fingerprint density at radius 2 is 2.00 bits per heavy atom. The number of hydrogen-bond donors (Lipinski definition) is 2. The van der Waals surface area contributed by atoms with Crippen LogP contribution in [0.4, 0.5) is 5.69 Å². The van der Waals surface area contributed by atoms with Crippen molar-refractivity contribution in [2.24, 2.45) is 0 Å². The Bertz CT molecular complexity index is 569. The first-order chi connectivity index (χ1) is 10.9. The summed E-state index contributed by atoms with van der Waals surface area (Å²) in [6.45, 7) is 0.615. The number of nitrogens with one attached hydrogen (secondary N) is 1. The molecule has 1 aromatic rings. The average molecular weight is 340 g/mol. The fraction of sp³-hybridized carbons (Fsp3) is 0.588. The number of halogens is 1. The molecule has 23 heavy (non-hydrogen) atoms. The van der Waals surface area contributed by atoms with Crippen LogP contribution in [-0.2, 0) is 0 Å². The molecular weight excluding hydrogens is 314 g/mol. The molecule has 3 N–H and O–H groups in total. The second-order valence-corrected chi connectivity index (χ2v) is 6.84. The monoisotopic (exact) mass is 339 g/mol. The van der Waals surface area contributed by atoms with Crippen molar-refractivity contribution in [2.75, 3.05) is 33.5 Å². The minimum absolute atomic E-state index is 0.0265. The summed E-state index contributed by atoms with van der Waals surface area (Å²) < 4.78 is 5.26. The predicted molar refractivity (Wildman–Crippen MR) is 94.3 cm³/mol. The van der Waals surface area contributed by atoms with Crippen molar-refractivity contribution in [2.45, 2.75) is 37.6 Å². The summed E-state index contributed by atoms with van der Waals surface area (Å²) in [6.07, 6.45) is 5.86. The second-order valence-electron chi connectivity index (χ2n) is 6.44. The van der Waals surface area contributed by atoms with Crippen molar-refractivity contribution >= 4 is 23.2 Å². The lowest BCUT2D eigenvalue weighted by Gasteiger charge is -2.43. The number of nitrogens with two attached hydrogens (primary N) is 1. The van der Waals surface area contributed by atoms with Crippen molar-refractivity contribution < 1.29 is 9.53 Å². The van der Waals surface area contributed by atoms with Crippen LogP contribution in [-0.4, -0.2) is 44.1 Å². The number of nitrogen functional groups attached to an aromatic ring is 1. The van der Waals surface area contributed by atoms with Gasteiger partial charge in [0, 0.05) is 18.2 Å². The number of methoxy groups -OCH3 is 1. The Morgan fingerprint density at radius 3 is 2.57 bits per heavy atom. The number of carbonyl (C=O) groups is 1. The fourth-order valence-corrected chi connectivity index (χ4v) is 3.41. The standard InChI is InChI=1S/C17H26ClN3O2/c1-21(2)17(7-5-4-6-8-17)11-20-16(22)12-9-13(18)14(19)10-15(12)23-3/h9-10H,4-8,11,19H2,1-3H3,(H,20,22). The summed E-state index contributed by atoms with van der Waals surface area (Å²) >= 11 is 6.04. The van der Waals surface area contributed by atoms with Crippen LogP contribution in [0, 0.1) is 0 Å². The SMILES string of the molecule is COc1cc(N)c(Cl)cc1C(=O)NCC1(N(C)C)CCCCC1. The number of amides is 1. The number of carbonyl (C=O) groups excluding carboxylic acids is 1. The van der Waals surface area contributed by atoms with E-state index in [0.717, 1.165) is 12.8 Å². The summed E-state index contributed by atoms with van der Waals surface area (Å²) in [6, 6.07) is 3.15. The summed E-state index contributed by atoms with van der Waals surface area (Å²) in [4.78, 5) is 14.8. The third-order valence-electron chi connectivity index (χ3n) is 4.87. The molecule has 1 aliphatic carbocycles. The lowest BCUT2D eigenvalue weighted by atomic mass is 9.80. The van der Waals surface area contributed by atoms with Gasteiger partial charge in [-0.3, -0.25) is 4.79 Å². The van der Waals surface area contributed by atoms with Crippen molar-refractivity contribution in [3.05, 3.63) is 22.7 Å². The molecule has 0 saturated heterocycles. The molecule has 0 spiro atoms. The van der Waals surface area contributed by atoms with Gasteiger partial charge in [-0.2, -0.15) is 0 Å². The largest absolute Gasteiger partial charge is 0.496 e. The molecule has 0 heterocycles. The number of ether oxygens (including phenoxy) is 1. The van der Waals surface area contributed by atoms with Crippen LogP contribution in [0.5, 0.6) is 5.75 Å². The molecule has 0 aromatic heterocycles. The van der Waals surface area contributed by atoms with Crippen LogP contribution in [0.2, 0.25) is 5.02 Å². The van der Waals surface area contributed by atoms with E-state index < -0.39 is 0 Å². The van der Waals surface area contributed by atoms with E-state index in [2.05, 4.69) is 24.3 Å². The van der Waals surface area contributed by atoms with Gasteiger partial charge in [0.15, 0.2) is 0 Å². The van der Waals surface area contributed by atoms with Gasteiger partial charge in [0.05, 0.1) is 23.4 Å². The Balaban J connectivity index is 2.14. The quantitative estimate of drug-likeness (QED) is 0.809. The molecule has 1 saturated carbocycles. The molecule has 0 radical (unpaired) electrons. The average Bonchev–Trinajstić information content (AvgIpc) is 2.55. The van der Waals surface area contributed by atoms with Gasteiger partial charge in [-0.25, -0.2) is 0 Å². The molecule has 0 atom stereocenters. The predicted octanol–water partition coefficient (Wildman–Crippen LogP) is 2.93. The van der Waals surface area contributed by atoms with Gasteiger partial charge >= 0.3 is 0 Å². The number of rotatable bonds is 5. The summed E-state index contributed by atoms with van der Waals surface area (Å²) in [5.74, 6) is 0.252. The highest BCUT2D eigenvalue weighted by Gasteiger charge is 2.34. The molecule has 1 aliphatic rings. The Kier molecular flexibility index (Phi) is 5.76. The highest BCUT2D eigenvalue weighted by atomic mass is 35.5. The number of likely N-dealkylation sites (N-methyl/N-ethyl adjacent to an activating group) is 1. The van der Waals surface area contributed by atoms with E-state index in [-0.39, 0.29) is 11.4 Å². The van der Waals surface area contributed by atoms with E-state index >= 15 is 0 Å². The first-order valence-corrected chi connectivity index (χ1v) is 8.36. The van der Waals surface area contributed by atoms with Crippen LogP contribution in [0.15, 0.2) is 12.1 Å². The minimum atomic E-state index is -0.185. The number of benzene rings is 1. The maximum atomic E-state index is 12.6. The molecule has 6 heteroatoms. The molecule has 1 aromatic carbocycles. The molecule has 2 rings (SSSR count). The minimum Gasteiger partial charge on any atom is -0.496 e. The van der Waals surface area contributed by atoms with E-state index in [1.807, 2.05) is 0 Å². The van der Waals surface area contributed by atoms with Crippen LogP contribution >= 0.6 is 11.6 Å². The van der Waals surface area contributed by atoms with Gasteiger partial charge in [0.2, 0.25) is 0 Å². The van der Waals surface area contributed by atoms with Gasteiger partial charge in [-0.1, -0.05) is 30.9 Å². The van der Waals surface area contributed by atoms with Gasteiger partial charge < -0.3 is 20.7 Å². The number of nitrogens with zero attached hydrogens (tertiary/aromatic N) is 1. The van der Waals surface area contributed by atoms with Crippen LogP contribution < -0.4 is 15.8 Å². The first-order valence-electron chi connectivity index (χ1n) is 7.98. The Hall–Kier alpha value is -1.46. The van der Waals surface area contributed by atoms with Crippen LogP contribution in [0.25, 0.3) is 0 Å². The smallest absolute Gasteiger partial charge is 0.255 e. The fourth-order valence-electron chi connectivity index (χ4n) is 3.25. The first kappa shape index (κ1) is 17.9. The van der Waals surface area contributed by atoms with Gasteiger partial charge in [0.1, 0.15) is 5.75 Å². The van der Waals surface area contributed by atoms with E-state index in [4.69, 9.17) is 22.1 Å². The Labute approximate surface area is 143 Å². The topological polar surface area (TPSA) is 67.6 Å². The van der Waals surface area contributed by atoms with Crippen LogP contribution in [0.3, 0.4) is 0 Å². The maximum absolute atomic E-state index is 12.6. The normalized spacial score (nSPS) is 17.1. The second kappa shape index (κ2) is 7.41. The molecule has 128 valence electrons. The zero-order valence-electron chi connectivity index (χ0n) is 14.1. The van der Waals surface area contributed by atoms with Crippen molar-refractivity contribution in [1.29, 1.82) is 0 Å². The van der Waals surface area contributed by atoms with Crippen molar-refractivity contribution in [3.63, 3.8) is 0 Å². The third kappa shape index (κ3) is 3.90. The number of anilines is 1. The summed E-state index contributed by atoms with van der Waals surface area (Å²) in [5.41, 5.74) is 6.61. The van der Waals surface area contributed by atoms with E-state index in [1.54, 1.807) is 12.1 Å². The highest BCUT2D eigenvalue weighted by Crippen LogP contribution is 2.32. The van der Waals surface area contributed by atoms with Gasteiger partial charge in [0.25, 0.3) is 5.91 Å². The third-order valence-corrected chi connectivity index (χ3v) is 5.20. The Morgan fingerprint density at radius 1 is 1.35 bits per heavy atom. The van der Waals surface area contributed by atoms with E-state index in [9.17, 15) is 4.79 Å². The van der Waals surface area contributed by atoms with Crippen LogP contribution in [0.1, 0.15) is 42.5 Å². The zero-order chi connectivity index (χ0) is 17.0. The van der Waals surface area contributed by atoms with Gasteiger partial charge in [-0.15, -0.1) is 0 Å². The molecular formula is C17H26ClN3O2. The lowest BCUT2D eigenvalue weighted by molar-refractivity contribution is 0.0797. The van der Waals surface area contributed by atoms with Crippen molar-refractivity contribution in [1.82, 2.24) is 10.2 Å². The summed E-state index contributed by atoms with van der Waals surface area (Å²) in [5, 5.41) is 3.41. The number of hydrogen-bond acceptors (Lipinski definition) is 4. The molecule has 0 unspecified atom stereocenters. The van der Waals surface area contributed by atoms with Gasteiger partial charge in [-0.05, 0) is 33.0 Å². The molecule has 0 aliphatic heterocycles. The molecule has 5 nitrogen and oxygen atoms in total. The lowest BCUT2D eigenvalue weighted by Crippen LogP contribution is -2.53. The van der Waals surface area contributed by atoms with E-state index in [0.29, 0.717) is 28.6 Å². The molecule has 1 amide bonds. The maximum Gasteiger partial charge on any atom is 0.255 e. The molecule has 1 fully saturated rings. The van der Waals surface area contributed by atoms with E-state index in [1.165, 1.54) is 26.4 Å². The summed E-state index contributed by atoms with van der Waals surface area (Å²) in [7, 11) is 5.68. The zero-order valence-corrected chi connectivity index (χ0v) is 14.9.